The second-order valence-electron chi connectivity index (χ2n) is 4.61. The van der Waals surface area contributed by atoms with Crippen LogP contribution < -0.4 is 4.74 Å². The van der Waals surface area contributed by atoms with Gasteiger partial charge in [-0.25, -0.2) is 0 Å². The SMILES string of the molecule is CCc1ccc(C)c2c1[C@H]1C(O2)C1C(=O)O. The van der Waals surface area contributed by atoms with Gasteiger partial charge in [0.15, 0.2) is 0 Å². The summed E-state index contributed by atoms with van der Waals surface area (Å²) in [6.45, 7) is 4.11. The summed E-state index contributed by atoms with van der Waals surface area (Å²) in [5, 5.41) is 9.04. The highest BCUT2D eigenvalue weighted by atomic mass is 16.5. The highest BCUT2D eigenvalue weighted by molar-refractivity contribution is 5.79. The van der Waals surface area contributed by atoms with Gasteiger partial charge in [-0.05, 0) is 24.5 Å². The molecule has 0 radical (unpaired) electrons. The Kier molecular flexibility index (Phi) is 1.82. The third kappa shape index (κ3) is 1.06. The summed E-state index contributed by atoms with van der Waals surface area (Å²) in [6, 6.07) is 4.15. The van der Waals surface area contributed by atoms with Gasteiger partial charge in [0.25, 0.3) is 0 Å². The molecule has 3 atom stereocenters. The molecule has 1 N–H and O–H groups in total. The maximum Gasteiger partial charge on any atom is 0.311 e. The number of carbonyl (C=O) groups is 1. The number of carboxylic acids is 1. The van der Waals surface area contributed by atoms with Crippen LogP contribution in [0.4, 0.5) is 0 Å². The minimum atomic E-state index is -0.732. The first kappa shape index (κ1) is 9.70. The van der Waals surface area contributed by atoms with E-state index < -0.39 is 5.97 Å². The minimum absolute atomic E-state index is 0.0994. The topological polar surface area (TPSA) is 46.5 Å². The van der Waals surface area contributed by atoms with E-state index in [1.165, 1.54) is 5.56 Å². The Hall–Kier alpha value is -1.51. The smallest absolute Gasteiger partial charge is 0.311 e. The van der Waals surface area contributed by atoms with Gasteiger partial charge in [0.05, 0.1) is 0 Å². The normalized spacial score (nSPS) is 29.2. The number of benzene rings is 1. The first-order valence-corrected chi connectivity index (χ1v) is 5.67. The molecule has 84 valence electrons. The zero-order valence-corrected chi connectivity index (χ0v) is 9.36. The third-order valence-electron chi connectivity index (χ3n) is 3.69. The van der Waals surface area contributed by atoms with E-state index in [0.717, 1.165) is 23.3 Å². The molecule has 0 amide bonds. The Morgan fingerprint density at radius 3 is 2.88 bits per heavy atom. The summed E-state index contributed by atoms with van der Waals surface area (Å²) in [5.74, 6) is -0.0157. The lowest BCUT2D eigenvalue weighted by Gasteiger charge is -2.12. The molecule has 1 aliphatic heterocycles. The molecule has 0 bridgehead atoms. The molecule has 1 fully saturated rings. The van der Waals surface area contributed by atoms with E-state index in [-0.39, 0.29) is 17.9 Å². The molecule has 3 nitrogen and oxygen atoms in total. The lowest BCUT2D eigenvalue weighted by molar-refractivity contribution is -0.139. The summed E-state index contributed by atoms with van der Waals surface area (Å²) in [5.41, 5.74) is 3.50. The molecule has 1 heterocycles. The lowest BCUT2D eigenvalue weighted by atomic mass is 9.97. The summed E-state index contributed by atoms with van der Waals surface area (Å²) in [4.78, 5) is 11.0. The van der Waals surface area contributed by atoms with Crippen LogP contribution in [0.2, 0.25) is 0 Å². The van der Waals surface area contributed by atoms with Crippen LogP contribution in [0.1, 0.15) is 29.5 Å². The molecule has 1 saturated carbocycles. The van der Waals surface area contributed by atoms with Crippen LogP contribution in [0.25, 0.3) is 0 Å². The number of aliphatic carboxylic acids is 1. The number of rotatable bonds is 2. The first-order chi connectivity index (χ1) is 7.65. The molecule has 1 aliphatic carbocycles. The van der Waals surface area contributed by atoms with Gasteiger partial charge in [0.1, 0.15) is 17.8 Å². The number of hydrogen-bond donors (Lipinski definition) is 1. The van der Waals surface area contributed by atoms with Crippen LogP contribution >= 0.6 is 0 Å². The van der Waals surface area contributed by atoms with Crippen LogP contribution in [-0.4, -0.2) is 17.2 Å². The van der Waals surface area contributed by atoms with E-state index in [4.69, 9.17) is 9.84 Å². The van der Waals surface area contributed by atoms with E-state index in [2.05, 4.69) is 19.1 Å². The van der Waals surface area contributed by atoms with Gasteiger partial charge in [-0.2, -0.15) is 0 Å². The van der Waals surface area contributed by atoms with Crippen molar-refractivity contribution in [3.8, 4) is 5.75 Å². The van der Waals surface area contributed by atoms with Gasteiger partial charge in [-0.15, -0.1) is 0 Å². The molecule has 2 unspecified atom stereocenters. The molecule has 3 rings (SSSR count). The Labute approximate surface area is 94.0 Å². The van der Waals surface area contributed by atoms with E-state index in [1.807, 2.05) is 6.92 Å². The number of hydrogen-bond acceptors (Lipinski definition) is 2. The predicted octanol–water partition coefficient (Wildman–Crippen LogP) is 2.12. The monoisotopic (exact) mass is 218 g/mol. The largest absolute Gasteiger partial charge is 0.488 e. The number of fused-ring (bicyclic) bond motifs is 3. The molecule has 3 heteroatoms. The summed E-state index contributed by atoms with van der Waals surface area (Å²) < 4.78 is 5.75. The van der Waals surface area contributed by atoms with E-state index in [9.17, 15) is 4.79 Å². The highest BCUT2D eigenvalue weighted by Crippen LogP contribution is 2.60. The molecule has 1 aromatic rings. The molecule has 1 aromatic carbocycles. The van der Waals surface area contributed by atoms with Crippen molar-refractivity contribution in [2.45, 2.75) is 32.3 Å². The quantitative estimate of drug-likeness (QED) is 0.827. The van der Waals surface area contributed by atoms with Crippen molar-refractivity contribution in [3.63, 3.8) is 0 Å². The molecule has 16 heavy (non-hydrogen) atoms. The Morgan fingerprint density at radius 1 is 1.50 bits per heavy atom. The number of aryl methyl sites for hydroxylation is 2. The molecule has 0 saturated heterocycles. The van der Waals surface area contributed by atoms with Crippen LogP contribution in [0.15, 0.2) is 12.1 Å². The summed E-state index contributed by atoms with van der Waals surface area (Å²) in [6.07, 6.45) is 0.820. The van der Waals surface area contributed by atoms with Crippen molar-refractivity contribution in [2.24, 2.45) is 5.92 Å². The second-order valence-corrected chi connectivity index (χ2v) is 4.61. The fraction of sp³-hybridized carbons (Fsp3) is 0.462. The summed E-state index contributed by atoms with van der Waals surface area (Å²) in [7, 11) is 0. The standard InChI is InChI=1S/C13H14O3/c1-3-7-5-4-6(2)11-8(7)9-10(13(14)15)12(9)16-11/h4-5,9-10,12H,3H2,1-2H3,(H,14,15)/t9-,10?,12?/m1/s1. The third-order valence-corrected chi connectivity index (χ3v) is 3.69. The van der Waals surface area contributed by atoms with Crippen molar-refractivity contribution in [3.05, 3.63) is 28.8 Å². The van der Waals surface area contributed by atoms with E-state index in [0.29, 0.717) is 0 Å². The lowest BCUT2D eigenvalue weighted by Crippen LogP contribution is -2.09. The van der Waals surface area contributed by atoms with Crippen molar-refractivity contribution in [1.82, 2.24) is 0 Å². The maximum atomic E-state index is 11.0. The van der Waals surface area contributed by atoms with Gasteiger partial charge in [0, 0.05) is 11.5 Å². The fourth-order valence-electron chi connectivity index (χ4n) is 2.78. The van der Waals surface area contributed by atoms with Crippen LogP contribution in [0, 0.1) is 12.8 Å². The Morgan fingerprint density at radius 2 is 2.25 bits per heavy atom. The maximum absolute atomic E-state index is 11.0. The minimum Gasteiger partial charge on any atom is -0.488 e. The molecular formula is C13H14O3. The van der Waals surface area contributed by atoms with Crippen LogP contribution in [0.5, 0.6) is 5.75 Å². The summed E-state index contributed by atoms with van der Waals surface area (Å²) >= 11 is 0. The fourth-order valence-corrected chi connectivity index (χ4v) is 2.78. The van der Waals surface area contributed by atoms with Crippen LogP contribution in [-0.2, 0) is 11.2 Å². The van der Waals surface area contributed by atoms with Crippen molar-refractivity contribution in [1.29, 1.82) is 0 Å². The van der Waals surface area contributed by atoms with Gasteiger partial charge in [-0.1, -0.05) is 19.1 Å². The predicted molar refractivity (Wildman–Crippen MR) is 58.8 cm³/mol. The number of ether oxygens (including phenoxy) is 1. The zero-order valence-electron chi connectivity index (χ0n) is 9.36. The average Bonchev–Trinajstić information content (AvgIpc) is 2.84. The van der Waals surface area contributed by atoms with Gasteiger partial charge in [0.2, 0.25) is 0 Å². The van der Waals surface area contributed by atoms with Gasteiger partial charge >= 0.3 is 5.97 Å². The molecule has 0 aromatic heterocycles. The van der Waals surface area contributed by atoms with Crippen LogP contribution in [0.3, 0.4) is 0 Å². The van der Waals surface area contributed by atoms with E-state index >= 15 is 0 Å². The molecular weight excluding hydrogens is 204 g/mol. The van der Waals surface area contributed by atoms with E-state index in [1.54, 1.807) is 0 Å². The van der Waals surface area contributed by atoms with Gasteiger partial charge < -0.3 is 9.84 Å². The highest BCUT2D eigenvalue weighted by Gasteiger charge is 2.63. The molecule has 2 aliphatic rings. The van der Waals surface area contributed by atoms with Crippen molar-refractivity contribution >= 4 is 5.97 Å². The zero-order chi connectivity index (χ0) is 11.4. The first-order valence-electron chi connectivity index (χ1n) is 5.67. The molecule has 0 spiro atoms. The average molecular weight is 218 g/mol. The van der Waals surface area contributed by atoms with Gasteiger partial charge in [-0.3, -0.25) is 4.79 Å². The Bertz CT molecular complexity index is 478. The number of carboxylic acid groups (broad SMARTS) is 1. The van der Waals surface area contributed by atoms with Crippen molar-refractivity contribution < 1.29 is 14.6 Å². The Balaban J connectivity index is 2.08. The second kappa shape index (κ2) is 3.00. The van der Waals surface area contributed by atoms with Crippen molar-refractivity contribution in [2.75, 3.05) is 0 Å².